The van der Waals surface area contributed by atoms with E-state index < -0.39 is 0 Å². The quantitative estimate of drug-likeness (QED) is 0.545. The molecule has 0 atom stereocenters. The van der Waals surface area contributed by atoms with Crippen molar-refractivity contribution in [2.75, 3.05) is 6.61 Å². The molecule has 0 saturated carbocycles. The smallest absolute Gasteiger partial charge is 0.330 e. The van der Waals surface area contributed by atoms with Crippen LogP contribution >= 0.6 is 0 Å². The number of esters is 1. The highest BCUT2D eigenvalue weighted by molar-refractivity contribution is 5.87. The summed E-state index contributed by atoms with van der Waals surface area (Å²) < 4.78 is 9.68. The Kier molecular flexibility index (Phi) is 3.45. The molecule has 0 aliphatic rings. The maximum absolute atomic E-state index is 11.0. The van der Waals surface area contributed by atoms with E-state index in [0.29, 0.717) is 12.4 Å². The van der Waals surface area contributed by atoms with Gasteiger partial charge in [0.1, 0.15) is 5.76 Å². The zero-order chi connectivity index (χ0) is 10.6. The number of hydrogen-bond acceptors (Lipinski definition) is 4. The fourth-order valence-corrected chi connectivity index (χ4v) is 1.07. The summed E-state index contributed by atoms with van der Waals surface area (Å²) in [7, 11) is 0. The van der Waals surface area contributed by atoms with Crippen LogP contribution in [0.1, 0.15) is 23.9 Å². The number of carbonyl (C=O) groups is 1. The maximum Gasteiger partial charge on any atom is 0.330 e. The SMILES string of the molecule is CCOC(=O)/C=C/c1c(C)noc1C. The Balaban J connectivity index is 2.73. The van der Waals surface area contributed by atoms with E-state index in [4.69, 9.17) is 9.26 Å². The molecule has 0 unspecified atom stereocenters. The lowest BCUT2D eigenvalue weighted by Crippen LogP contribution is -1.98. The first-order valence-corrected chi connectivity index (χ1v) is 4.43. The Hall–Kier alpha value is -1.58. The predicted octanol–water partition coefficient (Wildman–Crippen LogP) is 1.87. The van der Waals surface area contributed by atoms with Crippen molar-refractivity contribution in [3.05, 3.63) is 23.1 Å². The Morgan fingerprint density at radius 1 is 1.57 bits per heavy atom. The number of hydrogen-bond donors (Lipinski definition) is 0. The Bertz CT molecular complexity index is 333. The second kappa shape index (κ2) is 4.60. The first-order chi connectivity index (χ1) is 6.65. The van der Waals surface area contributed by atoms with E-state index in [1.807, 2.05) is 6.92 Å². The summed E-state index contributed by atoms with van der Waals surface area (Å²) in [5.74, 6) is 0.343. The van der Waals surface area contributed by atoms with E-state index in [0.717, 1.165) is 11.3 Å². The van der Waals surface area contributed by atoms with E-state index in [-0.39, 0.29) is 5.97 Å². The van der Waals surface area contributed by atoms with E-state index >= 15 is 0 Å². The van der Waals surface area contributed by atoms with Crippen LogP contribution in [0.15, 0.2) is 10.6 Å². The third-order valence-electron chi connectivity index (χ3n) is 1.76. The highest BCUT2D eigenvalue weighted by atomic mass is 16.5. The first-order valence-electron chi connectivity index (χ1n) is 4.43. The van der Waals surface area contributed by atoms with Gasteiger partial charge in [0, 0.05) is 11.6 Å². The summed E-state index contributed by atoms with van der Waals surface area (Å²) >= 11 is 0. The third kappa shape index (κ3) is 2.45. The van der Waals surface area contributed by atoms with Crippen LogP contribution in [0.2, 0.25) is 0 Å². The third-order valence-corrected chi connectivity index (χ3v) is 1.76. The van der Waals surface area contributed by atoms with Crippen molar-refractivity contribution in [3.8, 4) is 0 Å². The number of rotatable bonds is 3. The summed E-state index contributed by atoms with van der Waals surface area (Å²) in [5.41, 5.74) is 1.60. The number of ether oxygens (including phenoxy) is 1. The molecule has 0 amide bonds. The molecule has 0 N–H and O–H groups in total. The zero-order valence-electron chi connectivity index (χ0n) is 8.53. The number of nitrogens with zero attached hydrogens (tertiary/aromatic N) is 1. The molecule has 1 rings (SSSR count). The Morgan fingerprint density at radius 2 is 2.29 bits per heavy atom. The van der Waals surface area contributed by atoms with Gasteiger partial charge in [-0.15, -0.1) is 0 Å². The molecule has 0 spiro atoms. The largest absolute Gasteiger partial charge is 0.463 e. The van der Waals surface area contributed by atoms with Crippen LogP contribution in [-0.2, 0) is 9.53 Å². The summed E-state index contributed by atoms with van der Waals surface area (Å²) in [6.45, 7) is 5.76. The molecule has 0 radical (unpaired) electrons. The fourth-order valence-electron chi connectivity index (χ4n) is 1.07. The van der Waals surface area contributed by atoms with Gasteiger partial charge in [-0.2, -0.15) is 0 Å². The first kappa shape index (κ1) is 10.5. The van der Waals surface area contributed by atoms with E-state index in [1.165, 1.54) is 6.08 Å². The molecule has 76 valence electrons. The minimum atomic E-state index is -0.354. The highest BCUT2D eigenvalue weighted by Gasteiger charge is 2.05. The molecular weight excluding hydrogens is 182 g/mol. The van der Waals surface area contributed by atoms with Gasteiger partial charge < -0.3 is 9.26 Å². The van der Waals surface area contributed by atoms with Crippen molar-refractivity contribution in [2.24, 2.45) is 0 Å². The molecule has 0 aliphatic heterocycles. The van der Waals surface area contributed by atoms with Gasteiger partial charge in [-0.25, -0.2) is 4.79 Å². The average molecular weight is 195 g/mol. The normalized spacial score (nSPS) is 10.8. The lowest BCUT2D eigenvalue weighted by Gasteiger charge is -1.94. The average Bonchev–Trinajstić information content (AvgIpc) is 2.44. The van der Waals surface area contributed by atoms with Crippen LogP contribution in [0.25, 0.3) is 6.08 Å². The van der Waals surface area contributed by atoms with Crippen LogP contribution in [0, 0.1) is 13.8 Å². The predicted molar refractivity (Wildman–Crippen MR) is 51.6 cm³/mol. The molecule has 0 saturated heterocycles. The molecule has 1 heterocycles. The van der Waals surface area contributed by atoms with Crippen molar-refractivity contribution in [1.82, 2.24) is 5.16 Å². The number of carbonyl (C=O) groups excluding carboxylic acids is 1. The lowest BCUT2D eigenvalue weighted by atomic mass is 10.2. The van der Waals surface area contributed by atoms with Crippen molar-refractivity contribution in [3.63, 3.8) is 0 Å². The van der Waals surface area contributed by atoms with Gasteiger partial charge >= 0.3 is 5.97 Å². The summed E-state index contributed by atoms with van der Waals surface area (Å²) in [6.07, 6.45) is 3.02. The van der Waals surface area contributed by atoms with Crippen LogP contribution in [0.4, 0.5) is 0 Å². The Morgan fingerprint density at radius 3 is 2.79 bits per heavy atom. The van der Waals surface area contributed by atoms with Crippen molar-refractivity contribution < 1.29 is 14.1 Å². The number of aryl methyl sites for hydroxylation is 2. The van der Waals surface area contributed by atoms with Crippen LogP contribution in [-0.4, -0.2) is 17.7 Å². The zero-order valence-corrected chi connectivity index (χ0v) is 8.53. The van der Waals surface area contributed by atoms with Gasteiger partial charge in [0.25, 0.3) is 0 Å². The lowest BCUT2D eigenvalue weighted by molar-refractivity contribution is -0.137. The fraction of sp³-hybridized carbons (Fsp3) is 0.400. The van der Waals surface area contributed by atoms with E-state index in [2.05, 4.69) is 5.16 Å². The van der Waals surface area contributed by atoms with Crippen LogP contribution in [0.3, 0.4) is 0 Å². The molecule has 14 heavy (non-hydrogen) atoms. The molecule has 1 aromatic rings. The highest BCUT2D eigenvalue weighted by Crippen LogP contribution is 2.13. The molecule has 0 fully saturated rings. The van der Waals surface area contributed by atoms with Gasteiger partial charge in [-0.1, -0.05) is 5.16 Å². The second-order valence-corrected chi connectivity index (χ2v) is 2.82. The van der Waals surface area contributed by atoms with Gasteiger partial charge in [-0.3, -0.25) is 0 Å². The van der Waals surface area contributed by atoms with Crippen molar-refractivity contribution >= 4 is 12.0 Å². The number of aromatic nitrogens is 1. The minimum absolute atomic E-state index is 0.354. The standard InChI is InChI=1S/C10H13NO3/c1-4-13-10(12)6-5-9-7(2)11-14-8(9)3/h5-6H,4H2,1-3H3/b6-5+. The van der Waals surface area contributed by atoms with Crippen molar-refractivity contribution in [1.29, 1.82) is 0 Å². The van der Waals surface area contributed by atoms with Gasteiger partial charge in [0.2, 0.25) is 0 Å². The molecule has 0 aromatic carbocycles. The Labute approximate surface area is 82.5 Å². The minimum Gasteiger partial charge on any atom is -0.463 e. The van der Waals surface area contributed by atoms with Gasteiger partial charge in [-0.05, 0) is 26.8 Å². The van der Waals surface area contributed by atoms with Crippen LogP contribution < -0.4 is 0 Å². The van der Waals surface area contributed by atoms with E-state index in [1.54, 1.807) is 19.9 Å². The molecular formula is C10H13NO3. The molecule has 0 aliphatic carbocycles. The molecule has 1 aromatic heterocycles. The summed E-state index contributed by atoms with van der Waals surface area (Å²) in [5, 5.41) is 3.76. The van der Waals surface area contributed by atoms with Gasteiger partial charge in [0.05, 0.1) is 12.3 Å². The van der Waals surface area contributed by atoms with E-state index in [9.17, 15) is 4.79 Å². The molecule has 4 heteroatoms. The second-order valence-electron chi connectivity index (χ2n) is 2.82. The monoisotopic (exact) mass is 195 g/mol. The maximum atomic E-state index is 11.0. The van der Waals surface area contributed by atoms with Gasteiger partial charge in [0.15, 0.2) is 0 Å². The summed E-state index contributed by atoms with van der Waals surface area (Å²) in [4.78, 5) is 11.0. The van der Waals surface area contributed by atoms with Crippen LogP contribution in [0.5, 0.6) is 0 Å². The van der Waals surface area contributed by atoms with Crippen molar-refractivity contribution in [2.45, 2.75) is 20.8 Å². The topological polar surface area (TPSA) is 52.3 Å². The summed E-state index contributed by atoms with van der Waals surface area (Å²) in [6, 6.07) is 0. The molecule has 0 bridgehead atoms. The molecule has 4 nitrogen and oxygen atoms in total.